The summed E-state index contributed by atoms with van der Waals surface area (Å²) in [5, 5.41) is 22.0. The van der Waals surface area contributed by atoms with Crippen LogP contribution >= 0.6 is 22.6 Å². The molecule has 33 heavy (non-hydrogen) atoms. The van der Waals surface area contributed by atoms with Crippen molar-refractivity contribution in [2.24, 2.45) is 23.7 Å². The monoisotopic (exact) mass is 563 g/mol. The Hall–Kier alpha value is -2.17. The van der Waals surface area contributed by atoms with Crippen LogP contribution in [0, 0.1) is 27.2 Å². The van der Waals surface area contributed by atoms with Crippen LogP contribution in [-0.2, 0) is 14.3 Å². The Kier molecular flexibility index (Phi) is 5.65. The predicted octanol–water partition coefficient (Wildman–Crippen LogP) is 4.01. The second-order valence-electron chi connectivity index (χ2n) is 9.07. The van der Waals surface area contributed by atoms with Crippen molar-refractivity contribution >= 4 is 40.1 Å². The van der Waals surface area contributed by atoms with Crippen LogP contribution in [0.4, 0.5) is 5.69 Å². The van der Waals surface area contributed by atoms with E-state index in [4.69, 9.17) is 9.47 Å². The van der Waals surface area contributed by atoms with Crippen LogP contribution < -0.4 is 9.64 Å². The molecular weight excluding hydrogens is 537 g/mol. The quantitative estimate of drug-likeness (QED) is 0.432. The number of rotatable bonds is 4. The molecule has 3 aliphatic rings. The fourth-order valence-electron chi connectivity index (χ4n) is 5.92. The van der Waals surface area contributed by atoms with E-state index < -0.39 is 29.6 Å². The van der Waals surface area contributed by atoms with Crippen LogP contribution in [0.3, 0.4) is 0 Å². The van der Waals surface area contributed by atoms with Crippen molar-refractivity contribution in [3.8, 4) is 11.5 Å². The number of methoxy groups -OCH3 is 1. The smallest absolute Gasteiger partial charge is 0.238 e. The van der Waals surface area contributed by atoms with E-state index in [1.807, 2.05) is 35.6 Å². The minimum absolute atomic E-state index is 0.0533. The minimum atomic E-state index is -1.50. The molecule has 5 rings (SSSR count). The third-order valence-electron chi connectivity index (χ3n) is 7.51. The highest BCUT2D eigenvalue weighted by Gasteiger charge is 2.66. The van der Waals surface area contributed by atoms with Crippen molar-refractivity contribution in [1.29, 1.82) is 0 Å². The number of benzene rings is 2. The van der Waals surface area contributed by atoms with Crippen LogP contribution in [0.25, 0.3) is 0 Å². The molecule has 2 saturated heterocycles. The summed E-state index contributed by atoms with van der Waals surface area (Å²) in [4.78, 5) is 28.2. The van der Waals surface area contributed by atoms with Crippen molar-refractivity contribution in [2.45, 2.75) is 38.1 Å². The van der Waals surface area contributed by atoms with E-state index in [-0.39, 0.29) is 23.5 Å². The number of aromatic hydroxyl groups is 1. The Morgan fingerprint density at radius 3 is 2.58 bits per heavy atom. The van der Waals surface area contributed by atoms with Gasteiger partial charge in [0.15, 0.2) is 17.3 Å². The molecule has 2 aromatic carbocycles. The number of para-hydroxylation sites is 1. The largest absolute Gasteiger partial charge is 0.504 e. The Bertz CT molecular complexity index is 1110. The van der Waals surface area contributed by atoms with E-state index in [1.54, 1.807) is 36.4 Å². The summed E-state index contributed by atoms with van der Waals surface area (Å²) in [6.07, 6.45) is 0.960. The summed E-state index contributed by atoms with van der Waals surface area (Å²) in [7, 11) is 1.48. The van der Waals surface area contributed by atoms with Crippen LogP contribution in [-0.4, -0.2) is 34.9 Å². The first-order chi connectivity index (χ1) is 15.8. The highest BCUT2D eigenvalue weighted by atomic mass is 127. The van der Waals surface area contributed by atoms with Crippen LogP contribution in [0.5, 0.6) is 11.5 Å². The normalized spacial score (nSPS) is 33.2. The first-order valence-electron chi connectivity index (χ1n) is 11.2. The number of carbonyl (C=O) groups is 2. The third kappa shape index (κ3) is 3.37. The Morgan fingerprint density at radius 1 is 1.18 bits per heavy atom. The van der Waals surface area contributed by atoms with Crippen LogP contribution in [0.1, 0.15) is 37.9 Å². The first-order valence-corrected chi connectivity index (χ1v) is 12.3. The molecule has 1 saturated carbocycles. The first kappa shape index (κ1) is 22.6. The maximum atomic E-state index is 13.6. The summed E-state index contributed by atoms with van der Waals surface area (Å²) in [6.45, 7) is 1.97. The number of halogens is 1. The summed E-state index contributed by atoms with van der Waals surface area (Å²) in [5.41, 5.74) is 1.33. The van der Waals surface area contributed by atoms with E-state index >= 15 is 0 Å². The number of imide groups is 1. The van der Waals surface area contributed by atoms with Crippen LogP contribution in [0.2, 0.25) is 0 Å². The zero-order valence-electron chi connectivity index (χ0n) is 18.4. The molecular formula is C25H26INO6. The summed E-state index contributed by atoms with van der Waals surface area (Å²) in [5.74, 6) is -3.45. The number of amides is 2. The topological polar surface area (TPSA) is 96.3 Å². The lowest BCUT2D eigenvalue weighted by Gasteiger charge is -2.44. The van der Waals surface area contributed by atoms with E-state index in [2.05, 4.69) is 0 Å². The van der Waals surface area contributed by atoms with E-state index in [0.29, 0.717) is 34.3 Å². The third-order valence-corrected chi connectivity index (χ3v) is 8.34. The number of anilines is 1. The van der Waals surface area contributed by atoms with Gasteiger partial charge in [-0.2, -0.15) is 0 Å². The van der Waals surface area contributed by atoms with E-state index in [1.165, 1.54) is 12.0 Å². The molecule has 2 aliphatic heterocycles. The fraction of sp³-hybridized carbons (Fsp3) is 0.440. The van der Waals surface area contributed by atoms with Gasteiger partial charge in [0.25, 0.3) is 0 Å². The zero-order valence-corrected chi connectivity index (χ0v) is 20.6. The Labute approximate surface area is 205 Å². The van der Waals surface area contributed by atoms with Gasteiger partial charge in [0.1, 0.15) is 0 Å². The Morgan fingerprint density at radius 2 is 1.91 bits per heavy atom. The molecule has 6 atom stereocenters. The number of ether oxygens (including phenoxy) is 2. The van der Waals surface area contributed by atoms with Gasteiger partial charge in [-0.1, -0.05) is 25.1 Å². The second kappa shape index (κ2) is 8.25. The van der Waals surface area contributed by atoms with Crippen molar-refractivity contribution in [1.82, 2.24) is 0 Å². The SMILES string of the molecule is CC[C@H]1C[C@@H]2C(=O)N(c3ccccc3)C(=O)[C@@H]2[C@@H]2C[C@@H](c3cc(I)c(O)c(OC)c3)O[C@]12O. The maximum Gasteiger partial charge on any atom is 0.238 e. The molecule has 174 valence electrons. The molecule has 2 aromatic rings. The molecule has 2 amide bonds. The van der Waals surface area contributed by atoms with Gasteiger partial charge < -0.3 is 19.7 Å². The second-order valence-corrected chi connectivity index (χ2v) is 10.2. The predicted molar refractivity (Wildman–Crippen MR) is 129 cm³/mol. The number of nitrogens with zero attached hydrogens (tertiary/aromatic N) is 1. The van der Waals surface area contributed by atoms with E-state index in [0.717, 1.165) is 5.56 Å². The molecule has 0 radical (unpaired) electrons. The van der Waals surface area contributed by atoms with Crippen molar-refractivity contribution in [2.75, 3.05) is 12.0 Å². The lowest BCUT2D eigenvalue weighted by molar-refractivity contribution is -0.269. The average molecular weight is 563 g/mol. The fourth-order valence-corrected chi connectivity index (χ4v) is 6.55. The number of phenolic OH excluding ortho intramolecular Hbond substituents is 1. The molecule has 3 fully saturated rings. The highest BCUT2D eigenvalue weighted by molar-refractivity contribution is 14.1. The van der Waals surface area contributed by atoms with Gasteiger partial charge in [0.2, 0.25) is 11.8 Å². The van der Waals surface area contributed by atoms with Gasteiger partial charge in [-0.3, -0.25) is 14.5 Å². The van der Waals surface area contributed by atoms with Crippen molar-refractivity contribution in [3.63, 3.8) is 0 Å². The number of fused-ring (bicyclic) bond motifs is 3. The van der Waals surface area contributed by atoms with Crippen molar-refractivity contribution < 1.29 is 29.3 Å². The average Bonchev–Trinajstić information content (AvgIpc) is 3.29. The van der Waals surface area contributed by atoms with Gasteiger partial charge in [0, 0.05) is 11.8 Å². The number of aliphatic hydroxyl groups is 1. The minimum Gasteiger partial charge on any atom is -0.504 e. The lowest BCUT2D eigenvalue weighted by Crippen LogP contribution is -2.53. The highest BCUT2D eigenvalue weighted by Crippen LogP contribution is 2.59. The number of phenols is 1. The van der Waals surface area contributed by atoms with E-state index in [9.17, 15) is 19.8 Å². The number of hydrogen-bond acceptors (Lipinski definition) is 6. The van der Waals surface area contributed by atoms with Gasteiger partial charge in [-0.15, -0.1) is 0 Å². The number of hydrogen-bond donors (Lipinski definition) is 2. The molecule has 0 spiro atoms. The summed E-state index contributed by atoms with van der Waals surface area (Å²) < 4.78 is 12.2. The molecule has 7 nitrogen and oxygen atoms in total. The van der Waals surface area contributed by atoms with Gasteiger partial charge in [-0.25, -0.2) is 0 Å². The summed E-state index contributed by atoms with van der Waals surface area (Å²) >= 11 is 2.03. The molecule has 1 aliphatic carbocycles. The summed E-state index contributed by atoms with van der Waals surface area (Å²) in [6, 6.07) is 12.5. The molecule has 8 heteroatoms. The zero-order chi connectivity index (χ0) is 23.5. The number of carbonyl (C=O) groups excluding carboxylic acids is 2. The standard InChI is InChI=1S/C25H26INO6/c1-3-14-11-16-21(24(30)27(23(16)29)15-7-5-4-6-8-15)17-12-19(33-25(14,17)31)13-9-18(26)22(28)20(10-13)32-2/h4-10,14,16-17,19,21,28,31H,3,11-12H2,1-2H3/t14-,16-,17-,19-,21-,25+/m0/s1. The molecule has 0 bridgehead atoms. The molecule has 0 unspecified atom stereocenters. The molecule has 0 aromatic heterocycles. The Balaban J connectivity index is 1.53. The van der Waals surface area contributed by atoms with Crippen LogP contribution in [0.15, 0.2) is 42.5 Å². The van der Waals surface area contributed by atoms with Gasteiger partial charge in [-0.05, 0) is 71.7 Å². The van der Waals surface area contributed by atoms with Gasteiger partial charge >= 0.3 is 0 Å². The van der Waals surface area contributed by atoms with Gasteiger partial charge in [0.05, 0.1) is 34.3 Å². The maximum absolute atomic E-state index is 13.6. The van der Waals surface area contributed by atoms with Crippen molar-refractivity contribution in [3.05, 3.63) is 51.6 Å². The lowest BCUT2D eigenvalue weighted by atomic mass is 9.64. The molecule has 2 N–H and O–H groups in total. The molecule has 2 heterocycles.